The van der Waals surface area contributed by atoms with Crippen LogP contribution in [-0.2, 0) is 28.4 Å². The minimum absolute atomic E-state index is 0.0473. The Morgan fingerprint density at radius 2 is 1.52 bits per heavy atom. The van der Waals surface area contributed by atoms with Crippen molar-refractivity contribution < 1.29 is 45.4 Å². The second kappa shape index (κ2) is 12.8. The van der Waals surface area contributed by atoms with Crippen LogP contribution in [0.3, 0.4) is 0 Å². The van der Waals surface area contributed by atoms with E-state index in [2.05, 4.69) is 5.32 Å². The van der Waals surface area contributed by atoms with Crippen LogP contribution in [0.15, 0.2) is 72.8 Å². The summed E-state index contributed by atoms with van der Waals surface area (Å²) in [7, 11) is 0. The number of benzene rings is 3. The molecule has 1 aliphatic carbocycles. The maximum atomic E-state index is 13.8. The summed E-state index contributed by atoms with van der Waals surface area (Å²) in [5.74, 6) is -3.90. The zero-order valence-electron chi connectivity index (χ0n) is 22.6. The molecule has 2 N–H and O–H groups in total. The van der Waals surface area contributed by atoms with Crippen LogP contribution in [0.2, 0.25) is 0 Å². The first-order chi connectivity index (χ1) is 19.7. The van der Waals surface area contributed by atoms with Crippen LogP contribution < -0.4 is 5.32 Å². The molecule has 42 heavy (non-hydrogen) atoms. The number of hydrogen-bond acceptors (Lipinski definition) is 3. The Labute approximate surface area is 238 Å². The lowest BCUT2D eigenvalue weighted by Crippen LogP contribution is -2.45. The first kappa shape index (κ1) is 31.5. The topological polar surface area (TPSA) is 58.6 Å². The molecule has 0 spiro atoms. The number of alkyl halides is 6. The van der Waals surface area contributed by atoms with E-state index in [4.69, 9.17) is 4.74 Å². The van der Waals surface area contributed by atoms with Gasteiger partial charge in [-0.3, -0.25) is 4.79 Å². The van der Waals surface area contributed by atoms with E-state index in [-0.39, 0.29) is 17.5 Å². The van der Waals surface area contributed by atoms with Crippen molar-refractivity contribution in [2.45, 2.75) is 56.8 Å². The highest BCUT2D eigenvalue weighted by Gasteiger charge is 2.45. The predicted molar refractivity (Wildman–Crippen MR) is 141 cm³/mol. The highest BCUT2D eigenvalue weighted by Crippen LogP contribution is 2.45. The highest BCUT2D eigenvalue weighted by molar-refractivity contribution is 5.72. The molecule has 0 heterocycles. The molecule has 3 aromatic rings. The SMILES string of the molecule is C[C@@H](O[C@@H]1CC[C@H](CNCc2ccccc2)[C@H](C(=O)O)[C@@H]1c1ccc(F)cc1)c1cc(C(F)(F)F)cc(C(F)(F)F)c1. The summed E-state index contributed by atoms with van der Waals surface area (Å²) in [5, 5.41) is 13.6. The zero-order valence-corrected chi connectivity index (χ0v) is 22.6. The first-order valence-corrected chi connectivity index (χ1v) is 13.4. The zero-order chi connectivity index (χ0) is 30.7. The second-order valence-corrected chi connectivity index (χ2v) is 10.6. The van der Waals surface area contributed by atoms with Crippen LogP contribution in [0.1, 0.15) is 59.6 Å². The summed E-state index contributed by atoms with van der Waals surface area (Å²) in [5.41, 5.74) is -1.81. The quantitative estimate of drug-likeness (QED) is 0.246. The van der Waals surface area contributed by atoms with Crippen molar-refractivity contribution >= 4 is 5.97 Å². The molecule has 0 aliphatic heterocycles. The Balaban J connectivity index is 1.63. The maximum Gasteiger partial charge on any atom is 0.416 e. The van der Waals surface area contributed by atoms with Crippen molar-refractivity contribution in [3.8, 4) is 0 Å². The van der Waals surface area contributed by atoms with Gasteiger partial charge >= 0.3 is 18.3 Å². The molecule has 226 valence electrons. The monoisotopic (exact) mass is 597 g/mol. The Kier molecular flexibility index (Phi) is 9.62. The molecule has 0 amide bonds. The number of aliphatic carboxylic acids is 1. The standard InChI is InChI=1S/C31H30F7NO3/c1-18(22-13-23(30(33,34)35)15-24(14-22)31(36,37)38)42-26-12-9-21(17-39-16-19-5-3-2-4-6-19)28(29(40)41)27(26)20-7-10-25(32)11-8-20/h2-8,10-11,13-15,18,21,26-28,39H,9,12,16-17H2,1H3,(H,40,41)/t18-,21-,26-,27-,28+/m1/s1. The summed E-state index contributed by atoms with van der Waals surface area (Å²) in [6, 6.07) is 16.0. The van der Waals surface area contributed by atoms with Gasteiger partial charge in [0.1, 0.15) is 5.82 Å². The number of rotatable bonds is 9. The third kappa shape index (κ3) is 7.69. The largest absolute Gasteiger partial charge is 0.481 e. The lowest BCUT2D eigenvalue weighted by Gasteiger charge is -2.42. The molecule has 1 saturated carbocycles. The molecule has 4 nitrogen and oxygen atoms in total. The van der Waals surface area contributed by atoms with Crippen molar-refractivity contribution in [3.05, 3.63) is 106 Å². The van der Waals surface area contributed by atoms with Gasteiger partial charge in [0.2, 0.25) is 0 Å². The van der Waals surface area contributed by atoms with Crippen molar-refractivity contribution in [3.63, 3.8) is 0 Å². The van der Waals surface area contributed by atoms with Crippen LogP contribution in [0, 0.1) is 17.7 Å². The molecule has 3 aromatic carbocycles. The van der Waals surface area contributed by atoms with Crippen molar-refractivity contribution in [2.24, 2.45) is 11.8 Å². The van der Waals surface area contributed by atoms with E-state index in [1.54, 1.807) is 0 Å². The summed E-state index contributed by atoms with van der Waals surface area (Å²) < 4.78 is 101. The molecule has 11 heteroatoms. The Morgan fingerprint density at radius 1 is 0.929 bits per heavy atom. The fourth-order valence-corrected chi connectivity index (χ4v) is 5.66. The van der Waals surface area contributed by atoms with Crippen molar-refractivity contribution in [1.29, 1.82) is 0 Å². The van der Waals surface area contributed by atoms with Crippen molar-refractivity contribution in [1.82, 2.24) is 5.32 Å². The minimum Gasteiger partial charge on any atom is -0.481 e. The minimum atomic E-state index is -5.02. The number of carbonyl (C=O) groups is 1. The van der Waals surface area contributed by atoms with Gasteiger partial charge in [0.05, 0.1) is 29.3 Å². The third-order valence-corrected chi connectivity index (χ3v) is 7.69. The Hall–Kier alpha value is -3.44. The van der Waals surface area contributed by atoms with E-state index < -0.39 is 59.3 Å². The van der Waals surface area contributed by atoms with E-state index in [1.165, 1.54) is 31.2 Å². The van der Waals surface area contributed by atoms with E-state index in [9.17, 15) is 40.6 Å². The normalized spacial score (nSPS) is 22.1. The number of ether oxygens (including phenoxy) is 1. The van der Waals surface area contributed by atoms with Crippen LogP contribution in [0.25, 0.3) is 0 Å². The molecular weight excluding hydrogens is 567 g/mol. The molecule has 0 radical (unpaired) electrons. The smallest absolute Gasteiger partial charge is 0.416 e. The number of hydrogen-bond donors (Lipinski definition) is 2. The molecule has 0 aromatic heterocycles. The lowest BCUT2D eigenvalue weighted by molar-refractivity contribution is -0.151. The summed E-state index contributed by atoms with van der Waals surface area (Å²) >= 11 is 0. The van der Waals surface area contributed by atoms with Gasteiger partial charge in [-0.05, 0) is 79.3 Å². The summed E-state index contributed by atoms with van der Waals surface area (Å²) in [6.07, 6.45) is -11.5. The number of carboxylic acids is 1. The molecule has 1 aliphatic rings. The fourth-order valence-electron chi connectivity index (χ4n) is 5.66. The molecular formula is C31H30F7NO3. The molecule has 0 saturated heterocycles. The van der Waals surface area contributed by atoms with E-state index in [0.717, 1.165) is 5.56 Å². The van der Waals surface area contributed by atoms with Gasteiger partial charge in [-0.25, -0.2) is 4.39 Å². The first-order valence-electron chi connectivity index (χ1n) is 13.4. The van der Waals surface area contributed by atoms with Gasteiger partial charge in [-0.15, -0.1) is 0 Å². The molecule has 0 unspecified atom stereocenters. The van der Waals surface area contributed by atoms with Gasteiger partial charge in [-0.1, -0.05) is 42.5 Å². The lowest BCUT2D eigenvalue weighted by atomic mass is 9.67. The van der Waals surface area contributed by atoms with Gasteiger partial charge in [0.25, 0.3) is 0 Å². The molecule has 1 fully saturated rings. The van der Waals surface area contributed by atoms with Crippen LogP contribution in [0.4, 0.5) is 30.7 Å². The van der Waals surface area contributed by atoms with E-state index in [0.29, 0.717) is 43.6 Å². The molecule has 0 bridgehead atoms. The van der Waals surface area contributed by atoms with E-state index in [1.807, 2.05) is 30.3 Å². The average Bonchev–Trinajstić information content (AvgIpc) is 2.93. The van der Waals surface area contributed by atoms with Gasteiger partial charge in [0, 0.05) is 12.5 Å². The predicted octanol–water partition coefficient (Wildman–Crippen LogP) is 7.99. The Bertz CT molecular complexity index is 1310. The summed E-state index contributed by atoms with van der Waals surface area (Å²) in [4.78, 5) is 12.7. The maximum absolute atomic E-state index is 13.8. The van der Waals surface area contributed by atoms with Gasteiger partial charge in [0.15, 0.2) is 0 Å². The van der Waals surface area contributed by atoms with Crippen molar-refractivity contribution in [2.75, 3.05) is 6.54 Å². The highest BCUT2D eigenvalue weighted by atomic mass is 19.4. The van der Waals surface area contributed by atoms with Crippen LogP contribution in [0.5, 0.6) is 0 Å². The van der Waals surface area contributed by atoms with Gasteiger partial charge < -0.3 is 15.2 Å². The molecule has 5 atom stereocenters. The van der Waals surface area contributed by atoms with Gasteiger partial charge in [-0.2, -0.15) is 26.3 Å². The number of nitrogens with one attached hydrogen (secondary N) is 1. The Morgan fingerprint density at radius 3 is 2.07 bits per heavy atom. The second-order valence-electron chi connectivity index (χ2n) is 10.6. The number of halogens is 7. The van der Waals surface area contributed by atoms with E-state index >= 15 is 0 Å². The summed E-state index contributed by atoms with van der Waals surface area (Å²) in [6.45, 7) is 2.17. The van der Waals surface area contributed by atoms with Crippen LogP contribution >= 0.6 is 0 Å². The third-order valence-electron chi connectivity index (χ3n) is 7.69. The average molecular weight is 598 g/mol. The number of carboxylic acid groups (broad SMARTS) is 1. The molecule has 4 rings (SSSR count). The fraction of sp³-hybridized carbons (Fsp3) is 0.387. The van der Waals surface area contributed by atoms with Crippen LogP contribution in [-0.4, -0.2) is 23.7 Å².